The van der Waals surface area contributed by atoms with Gasteiger partial charge < -0.3 is 10.6 Å². The molecule has 0 radical (unpaired) electrons. The third-order valence-electron chi connectivity index (χ3n) is 2.70. The van der Waals surface area contributed by atoms with Gasteiger partial charge in [0.1, 0.15) is 0 Å². The lowest BCUT2D eigenvalue weighted by molar-refractivity contribution is 0.241. The third-order valence-corrected chi connectivity index (χ3v) is 2.70. The van der Waals surface area contributed by atoms with Crippen LogP contribution in [0.2, 0.25) is 0 Å². The van der Waals surface area contributed by atoms with Gasteiger partial charge in [-0.05, 0) is 24.6 Å². The summed E-state index contributed by atoms with van der Waals surface area (Å²) in [6.45, 7) is 2.94. The van der Waals surface area contributed by atoms with E-state index in [9.17, 15) is 4.79 Å². The highest BCUT2D eigenvalue weighted by Crippen LogP contribution is 2.17. The Bertz CT molecular complexity index is 564. The molecule has 0 aliphatic rings. The Morgan fingerprint density at radius 3 is 2.89 bits per heavy atom. The average Bonchev–Trinajstić information content (AvgIpc) is 2.83. The van der Waals surface area contributed by atoms with E-state index >= 15 is 0 Å². The Balaban J connectivity index is 2.08. The van der Waals surface area contributed by atoms with Gasteiger partial charge in [0, 0.05) is 44.3 Å². The molecular formula is C13H17N5O. The minimum absolute atomic E-state index is 0.173. The number of aryl methyl sites for hydroxylation is 1. The molecule has 0 fully saturated rings. The number of hydrogen-bond acceptors (Lipinski definition) is 3. The summed E-state index contributed by atoms with van der Waals surface area (Å²) < 4.78 is 1.79. The summed E-state index contributed by atoms with van der Waals surface area (Å²) in [5.74, 6) is 0. The molecule has 0 bridgehead atoms. The molecule has 2 N–H and O–H groups in total. The van der Waals surface area contributed by atoms with Gasteiger partial charge in [0.25, 0.3) is 0 Å². The number of hydrogen-bond donors (Lipinski definition) is 2. The molecule has 0 aliphatic carbocycles. The lowest BCUT2D eigenvalue weighted by Crippen LogP contribution is -2.34. The van der Waals surface area contributed by atoms with E-state index in [4.69, 9.17) is 0 Å². The molecular weight excluding hydrogens is 242 g/mol. The van der Waals surface area contributed by atoms with Crippen molar-refractivity contribution in [2.75, 3.05) is 6.54 Å². The highest BCUT2D eigenvalue weighted by molar-refractivity contribution is 5.73. The molecule has 0 unspecified atom stereocenters. The van der Waals surface area contributed by atoms with Gasteiger partial charge in [-0.2, -0.15) is 5.10 Å². The Morgan fingerprint density at radius 1 is 1.37 bits per heavy atom. The third kappa shape index (κ3) is 3.31. The number of nitrogens with zero attached hydrogens (tertiary/aromatic N) is 3. The van der Waals surface area contributed by atoms with Gasteiger partial charge in [-0.1, -0.05) is 0 Å². The van der Waals surface area contributed by atoms with Crippen molar-refractivity contribution in [3.05, 3.63) is 36.3 Å². The fourth-order valence-corrected chi connectivity index (χ4v) is 1.79. The zero-order chi connectivity index (χ0) is 13.7. The molecule has 2 aromatic rings. The average molecular weight is 259 g/mol. The fraction of sp³-hybridized carbons (Fsp3) is 0.308. The highest BCUT2D eigenvalue weighted by Gasteiger charge is 2.05. The van der Waals surface area contributed by atoms with E-state index in [0.29, 0.717) is 13.1 Å². The summed E-state index contributed by atoms with van der Waals surface area (Å²) in [7, 11) is 1.88. The number of carbonyl (C=O) groups is 1. The van der Waals surface area contributed by atoms with Crippen molar-refractivity contribution in [3.8, 4) is 11.3 Å². The lowest BCUT2D eigenvalue weighted by Gasteiger charge is -2.07. The monoisotopic (exact) mass is 259 g/mol. The maximum absolute atomic E-state index is 11.3. The summed E-state index contributed by atoms with van der Waals surface area (Å²) in [6, 6.07) is 3.75. The van der Waals surface area contributed by atoms with Crippen LogP contribution in [0.5, 0.6) is 0 Å². The number of rotatable bonds is 4. The number of carbonyl (C=O) groups excluding carboxylic acids is 1. The first-order chi connectivity index (χ1) is 9.20. The van der Waals surface area contributed by atoms with Gasteiger partial charge in [-0.25, -0.2) is 4.79 Å². The Kier molecular flexibility index (Phi) is 4.12. The summed E-state index contributed by atoms with van der Waals surface area (Å²) >= 11 is 0. The van der Waals surface area contributed by atoms with Gasteiger partial charge in [0.05, 0.1) is 5.69 Å². The van der Waals surface area contributed by atoms with E-state index in [1.54, 1.807) is 23.3 Å². The standard InChI is InChI=1S/C13H17N5O/c1-3-15-13(19)16-8-10-6-11(9-14-7-10)12-4-5-17-18(12)2/h4-7,9H,3,8H2,1-2H3,(H2,15,16,19). The minimum atomic E-state index is -0.173. The fourth-order valence-electron chi connectivity index (χ4n) is 1.79. The molecule has 0 spiro atoms. The molecule has 6 nitrogen and oxygen atoms in total. The molecule has 2 rings (SSSR count). The first-order valence-electron chi connectivity index (χ1n) is 6.14. The van der Waals surface area contributed by atoms with Crippen molar-refractivity contribution >= 4 is 6.03 Å². The van der Waals surface area contributed by atoms with Gasteiger partial charge in [0.15, 0.2) is 0 Å². The maximum Gasteiger partial charge on any atom is 0.315 e. The number of pyridine rings is 1. The van der Waals surface area contributed by atoms with Gasteiger partial charge in [0.2, 0.25) is 0 Å². The summed E-state index contributed by atoms with van der Waals surface area (Å²) in [5.41, 5.74) is 2.92. The molecule has 0 atom stereocenters. The zero-order valence-electron chi connectivity index (χ0n) is 11.1. The Hall–Kier alpha value is -2.37. The van der Waals surface area contributed by atoms with Crippen molar-refractivity contribution in [3.63, 3.8) is 0 Å². The Morgan fingerprint density at radius 2 is 2.21 bits per heavy atom. The first-order valence-corrected chi connectivity index (χ1v) is 6.14. The molecule has 0 aliphatic heterocycles. The second-order valence-electron chi connectivity index (χ2n) is 4.13. The summed E-state index contributed by atoms with van der Waals surface area (Å²) in [5, 5.41) is 9.59. The van der Waals surface area contributed by atoms with E-state index in [2.05, 4.69) is 20.7 Å². The first kappa shape index (κ1) is 13.1. The molecule has 0 saturated heterocycles. The van der Waals surface area contributed by atoms with E-state index in [1.807, 2.05) is 26.1 Å². The SMILES string of the molecule is CCNC(=O)NCc1cncc(-c2ccnn2C)c1. The second kappa shape index (κ2) is 5.99. The molecule has 2 heterocycles. The Labute approximate surface area is 111 Å². The largest absolute Gasteiger partial charge is 0.338 e. The van der Waals surface area contributed by atoms with Crippen LogP contribution in [0.4, 0.5) is 4.79 Å². The lowest BCUT2D eigenvalue weighted by atomic mass is 10.1. The van der Waals surface area contributed by atoms with Crippen LogP contribution in [0.15, 0.2) is 30.7 Å². The minimum Gasteiger partial charge on any atom is -0.338 e. The molecule has 0 saturated carbocycles. The molecule has 2 amide bonds. The van der Waals surface area contributed by atoms with Crippen LogP contribution in [0.25, 0.3) is 11.3 Å². The van der Waals surface area contributed by atoms with Gasteiger partial charge >= 0.3 is 6.03 Å². The molecule has 6 heteroatoms. The molecule has 2 aromatic heterocycles. The summed E-state index contributed by atoms with van der Waals surface area (Å²) in [4.78, 5) is 15.5. The number of amides is 2. The molecule has 100 valence electrons. The van der Waals surface area contributed by atoms with Crippen LogP contribution in [-0.4, -0.2) is 27.3 Å². The topological polar surface area (TPSA) is 71.8 Å². The number of aromatic nitrogens is 3. The van der Waals surface area contributed by atoms with Crippen LogP contribution in [-0.2, 0) is 13.6 Å². The van der Waals surface area contributed by atoms with E-state index in [-0.39, 0.29) is 6.03 Å². The number of nitrogens with one attached hydrogen (secondary N) is 2. The quantitative estimate of drug-likeness (QED) is 0.869. The smallest absolute Gasteiger partial charge is 0.315 e. The predicted molar refractivity (Wildman–Crippen MR) is 72.4 cm³/mol. The van der Waals surface area contributed by atoms with Crippen molar-refractivity contribution in [1.82, 2.24) is 25.4 Å². The molecule has 0 aromatic carbocycles. The van der Waals surface area contributed by atoms with Crippen LogP contribution in [0.3, 0.4) is 0 Å². The number of urea groups is 1. The van der Waals surface area contributed by atoms with Crippen molar-refractivity contribution in [2.45, 2.75) is 13.5 Å². The van der Waals surface area contributed by atoms with Crippen molar-refractivity contribution in [2.24, 2.45) is 7.05 Å². The van der Waals surface area contributed by atoms with Crippen LogP contribution < -0.4 is 10.6 Å². The van der Waals surface area contributed by atoms with E-state index < -0.39 is 0 Å². The highest BCUT2D eigenvalue weighted by atomic mass is 16.2. The zero-order valence-corrected chi connectivity index (χ0v) is 11.1. The van der Waals surface area contributed by atoms with Crippen molar-refractivity contribution in [1.29, 1.82) is 0 Å². The van der Waals surface area contributed by atoms with Crippen LogP contribution >= 0.6 is 0 Å². The van der Waals surface area contributed by atoms with E-state index in [1.165, 1.54) is 0 Å². The maximum atomic E-state index is 11.3. The van der Waals surface area contributed by atoms with Crippen LogP contribution in [0.1, 0.15) is 12.5 Å². The normalized spacial score (nSPS) is 10.2. The second-order valence-corrected chi connectivity index (χ2v) is 4.13. The van der Waals surface area contributed by atoms with Crippen molar-refractivity contribution < 1.29 is 4.79 Å². The summed E-state index contributed by atoms with van der Waals surface area (Å²) in [6.07, 6.45) is 5.27. The molecule has 19 heavy (non-hydrogen) atoms. The predicted octanol–water partition coefficient (Wildman–Crippen LogP) is 1.30. The van der Waals surface area contributed by atoms with Gasteiger partial charge in [-0.3, -0.25) is 9.67 Å². The van der Waals surface area contributed by atoms with E-state index in [0.717, 1.165) is 16.8 Å². The van der Waals surface area contributed by atoms with Gasteiger partial charge in [-0.15, -0.1) is 0 Å². The van der Waals surface area contributed by atoms with Crippen LogP contribution in [0, 0.1) is 0 Å².